The van der Waals surface area contributed by atoms with Crippen molar-refractivity contribution in [3.05, 3.63) is 39.2 Å². The van der Waals surface area contributed by atoms with Gasteiger partial charge < -0.3 is 9.47 Å². The molecular weight excluding hydrogens is 572 g/mol. The minimum absolute atomic E-state index is 0.0998. The smallest absolute Gasteiger partial charge is 0.318 e. The number of aryl methyl sites for hydroxylation is 3. The zero-order valence-electron chi connectivity index (χ0n) is 30.4. The summed E-state index contributed by atoms with van der Waals surface area (Å²) in [5.74, 6) is 0.123. The number of hydrogen-bond acceptors (Lipinski definition) is 4. The highest BCUT2D eigenvalue weighted by molar-refractivity contribution is 5.82. The molecule has 0 bridgehead atoms. The number of fused-ring (bicyclic) bond motifs is 1. The molecule has 0 radical (unpaired) electrons. The molecule has 2 aromatic rings. The van der Waals surface area contributed by atoms with Gasteiger partial charge in [-0.2, -0.15) is 0 Å². The van der Waals surface area contributed by atoms with E-state index in [1.165, 1.54) is 95.5 Å². The second kappa shape index (κ2) is 20.1. The van der Waals surface area contributed by atoms with Crippen LogP contribution in [0, 0.1) is 12.3 Å². The Morgan fingerprint density at radius 2 is 1.17 bits per heavy atom. The summed E-state index contributed by atoms with van der Waals surface area (Å²) >= 11 is 0. The van der Waals surface area contributed by atoms with Crippen molar-refractivity contribution in [3.8, 4) is 17.0 Å². The molecule has 0 unspecified atom stereocenters. The monoisotopic (exact) mass is 639 g/mol. The van der Waals surface area contributed by atoms with E-state index in [1.54, 1.807) is 4.68 Å². The van der Waals surface area contributed by atoms with E-state index in [0.717, 1.165) is 48.8 Å². The average molecular weight is 639 g/mol. The van der Waals surface area contributed by atoms with Crippen LogP contribution in [-0.2, 0) is 35.5 Å². The van der Waals surface area contributed by atoms with Crippen LogP contribution in [0.4, 0.5) is 0 Å². The highest BCUT2D eigenvalue weighted by Gasteiger charge is 2.34. The summed E-state index contributed by atoms with van der Waals surface area (Å²) in [5.41, 5.74) is 4.16. The molecule has 1 aromatic heterocycles. The van der Waals surface area contributed by atoms with Gasteiger partial charge in [0.25, 0.3) is 5.56 Å². The molecule has 260 valence electrons. The molecule has 46 heavy (non-hydrogen) atoms. The van der Waals surface area contributed by atoms with Crippen molar-refractivity contribution in [3.63, 3.8) is 0 Å². The molecule has 0 atom stereocenters. The van der Waals surface area contributed by atoms with Gasteiger partial charge >= 0.3 is 5.97 Å². The predicted octanol–water partition coefficient (Wildman–Crippen LogP) is 10.4. The number of aromatic nitrogens is 2. The first-order valence-corrected chi connectivity index (χ1v) is 19.0. The summed E-state index contributed by atoms with van der Waals surface area (Å²) in [6.07, 6.45) is 23.7. The van der Waals surface area contributed by atoms with Crippen molar-refractivity contribution in [1.82, 2.24) is 9.36 Å². The van der Waals surface area contributed by atoms with E-state index in [1.807, 2.05) is 18.5 Å². The fraction of sp³-hybridized carbons (Fsp3) is 0.750. The maximum atomic E-state index is 14.0. The zero-order chi connectivity index (χ0) is 33.4. The van der Waals surface area contributed by atoms with E-state index in [2.05, 4.69) is 39.8 Å². The molecule has 0 fully saturated rings. The van der Waals surface area contributed by atoms with E-state index in [4.69, 9.17) is 9.47 Å². The normalized spacial score (nSPS) is 13.5. The van der Waals surface area contributed by atoms with E-state index >= 15 is 0 Å². The Kier molecular flexibility index (Phi) is 16.7. The van der Waals surface area contributed by atoms with Crippen molar-refractivity contribution in [1.29, 1.82) is 0 Å². The SMILES string of the molecule is CCCCCCCCCCCCCCCCCCC(C)(C)C(=O)Oc1c(-c2c(CC)cc(C)cc2CC)c(=O)n2n1CCOCC2. The summed E-state index contributed by atoms with van der Waals surface area (Å²) < 4.78 is 15.6. The Morgan fingerprint density at radius 1 is 0.717 bits per heavy atom. The molecule has 0 spiro atoms. The molecule has 2 heterocycles. The van der Waals surface area contributed by atoms with E-state index in [0.29, 0.717) is 37.7 Å². The number of carbonyl (C=O) groups is 1. The van der Waals surface area contributed by atoms with Gasteiger partial charge in [-0.15, -0.1) is 0 Å². The standard InChI is InChI=1S/C40H66N2O4/c1-7-10-11-12-13-14-15-16-17-18-19-20-21-22-23-24-25-40(5,6)39(44)46-38-36(37(43)41-26-28-45-29-27-42(38)41)35-33(8-2)30-32(4)31-34(35)9-3/h30-31H,7-29H2,1-6H3. The lowest BCUT2D eigenvalue weighted by Crippen LogP contribution is -2.30. The van der Waals surface area contributed by atoms with Gasteiger partial charge in [-0.1, -0.05) is 141 Å². The molecule has 0 saturated heterocycles. The van der Waals surface area contributed by atoms with Gasteiger partial charge in [0.1, 0.15) is 5.56 Å². The second-order valence-corrected chi connectivity index (χ2v) is 14.3. The van der Waals surface area contributed by atoms with Crippen molar-refractivity contribution in [2.45, 2.75) is 177 Å². The average Bonchev–Trinajstić information content (AvgIpc) is 3.17. The van der Waals surface area contributed by atoms with Gasteiger partial charge in [0.05, 0.1) is 31.7 Å². The molecule has 1 aromatic carbocycles. The number of ether oxygens (including phenoxy) is 2. The van der Waals surface area contributed by atoms with Crippen molar-refractivity contribution in [2.24, 2.45) is 5.41 Å². The van der Waals surface area contributed by atoms with E-state index in [9.17, 15) is 9.59 Å². The van der Waals surface area contributed by atoms with Crippen molar-refractivity contribution < 1.29 is 14.3 Å². The first kappa shape index (κ1) is 38.1. The summed E-state index contributed by atoms with van der Waals surface area (Å²) in [5, 5.41) is 0. The van der Waals surface area contributed by atoms with Crippen LogP contribution in [0.25, 0.3) is 11.1 Å². The number of nitrogens with zero attached hydrogens (tertiary/aromatic N) is 2. The predicted molar refractivity (Wildman–Crippen MR) is 192 cm³/mol. The van der Waals surface area contributed by atoms with Crippen LogP contribution in [0.3, 0.4) is 0 Å². The molecular formula is C40H66N2O4. The molecule has 6 heteroatoms. The Hall–Kier alpha value is -2.34. The first-order valence-electron chi connectivity index (χ1n) is 19.0. The third kappa shape index (κ3) is 11.1. The van der Waals surface area contributed by atoms with Crippen LogP contribution in [0.1, 0.15) is 160 Å². The van der Waals surface area contributed by atoms with Gasteiger partial charge in [0.2, 0.25) is 5.88 Å². The van der Waals surface area contributed by atoms with Gasteiger partial charge in [-0.3, -0.25) is 9.59 Å². The van der Waals surface area contributed by atoms with Gasteiger partial charge in [-0.05, 0) is 56.7 Å². The molecule has 0 aliphatic carbocycles. The van der Waals surface area contributed by atoms with Crippen molar-refractivity contribution in [2.75, 3.05) is 13.2 Å². The molecule has 0 N–H and O–H groups in total. The maximum Gasteiger partial charge on any atom is 0.318 e. The lowest BCUT2D eigenvalue weighted by Gasteiger charge is -2.23. The van der Waals surface area contributed by atoms with Crippen LogP contribution in [-0.4, -0.2) is 28.5 Å². The topological polar surface area (TPSA) is 62.5 Å². The fourth-order valence-electron chi connectivity index (χ4n) is 7.00. The fourth-order valence-corrected chi connectivity index (χ4v) is 7.00. The van der Waals surface area contributed by atoms with Crippen molar-refractivity contribution >= 4 is 5.97 Å². The summed E-state index contributed by atoms with van der Waals surface area (Å²) in [7, 11) is 0. The van der Waals surface area contributed by atoms with Crippen LogP contribution in [0.2, 0.25) is 0 Å². The quantitative estimate of drug-likeness (QED) is 0.0951. The number of hydrogen-bond donors (Lipinski definition) is 0. The maximum absolute atomic E-state index is 14.0. The molecule has 3 rings (SSSR count). The first-order chi connectivity index (χ1) is 22.2. The third-order valence-electron chi connectivity index (χ3n) is 9.94. The number of benzene rings is 1. The Morgan fingerprint density at radius 3 is 1.65 bits per heavy atom. The molecule has 0 saturated carbocycles. The van der Waals surface area contributed by atoms with Crippen LogP contribution < -0.4 is 10.3 Å². The summed E-state index contributed by atoms with van der Waals surface area (Å²) in [6, 6.07) is 4.33. The largest absolute Gasteiger partial charge is 0.407 e. The number of esters is 1. The van der Waals surface area contributed by atoms with Crippen LogP contribution in [0.15, 0.2) is 16.9 Å². The Balaban J connectivity index is 1.52. The summed E-state index contributed by atoms with van der Waals surface area (Å²) in [6.45, 7) is 14.5. The van der Waals surface area contributed by atoms with E-state index in [-0.39, 0.29) is 11.5 Å². The molecule has 6 nitrogen and oxygen atoms in total. The Bertz CT molecular complexity index is 1230. The number of rotatable bonds is 22. The van der Waals surface area contributed by atoms with Gasteiger partial charge in [0, 0.05) is 0 Å². The minimum atomic E-state index is -0.638. The van der Waals surface area contributed by atoms with Gasteiger partial charge in [-0.25, -0.2) is 9.36 Å². The highest BCUT2D eigenvalue weighted by atomic mass is 16.5. The molecule has 0 amide bonds. The second-order valence-electron chi connectivity index (χ2n) is 14.3. The highest BCUT2D eigenvalue weighted by Crippen LogP contribution is 2.37. The Labute approximate surface area is 280 Å². The summed E-state index contributed by atoms with van der Waals surface area (Å²) in [4.78, 5) is 27.7. The lowest BCUT2D eigenvalue weighted by molar-refractivity contribution is -0.145. The number of unbranched alkanes of at least 4 members (excludes halogenated alkanes) is 15. The third-order valence-corrected chi connectivity index (χ3v) is 9.94. The zero-order valence-corrected chi connectivity index (χ0v) is 30.4. The molecule has 1 aliphatic rings. The lowest BCUT2D eigenvalue weighted by atomic mass is 9.86. The minimum Gasteiger partial charge on any atom is -0.407 e. The number of carbonyl (C=O) groups excluding carboxylic acids is 1. The molecule has 1 aliphatic heterocycles. The van der Waals surface area contributed by atoms with E-state index < -0.39 is 5.41 Å². The van der Waals surface area contributed by atoms with Crippen LogP contribution >= 0.6 is 0 Å². The van der Waals surface area contributed by atoms with Crippen LogP contribution in [0.5, 0.6) is 5.88 Å². The van der Waals surface area contributed by atoms with Gasteiger partial charge in [0.15, 0.2) is 0 Å².